The van der Waals surface area contributed by atoms with Crippen LogP contribution in [0.4, 0.5) is 11.8 Å². The topological polar surface area (TPSA) is 90.0 Å². The van der Waals surface area contributed by atoms with E-state index in [9.17, 15) is 5.11 Å². The van der Waals surface area contributed by atoms with Gasteiger partial charge in [-0.05, 0) is 31.0 Å². The molecule has 1 fully saturated rings. The molecular weight excluding hydrogens is 316 g/mol. The van der Waals surface area contributed by atoms with Crippen LogP contribution in [-0.2, 0) is 6.42 Å². The van der Waals surface area contributed by atoms with E-state index < -0.39 is 0 Å². The minimum atomic E-state index is -0.270. The van der Waals surface area contributed by atoms with Crippen molar-refractivity contribution in [1.29, 1.82) is 0 Å². The van der Waals surface area contributed by atoms with Gasteiger partial charge in [0.1, 0.15) is 11.6 Å². The Balaban J connectivity index is 1.37. The van der Waals surface area contributed by atoms with Gasteiger partial charge in [-0.2, -0.15) is 4.98 Å². The molecule has 130 valence electrons. The Hall–Kier alpha value is -2.67. The van der Waals surface area contributed by atoms with E-state index in [1.165, 1.54) is 0 Å². The van der Waals surface area contributed by atoms with Crippen LogP contribution in [0.1, 0.15) is 18.7 Å². The molecular formula is C18H22N6O. The average molecular weight is 338 g/mol. The van der Waals surface area contributed by atoms with Gasteiger partial charge in [-0.1, -0.05) is 12.1 Å². The molecule has 7 nitrogen and oxygen atoms in total. The van der Waals surface area contributed by atoms with Crippen molar-refractivity contribution in [2.45, 2.75) is 25.4 Å². The summed E-state index contributed by atoms with van der Waals surface area (Å²) in [5.41, 5.74) is 2.04. The first kappa shape index (κ1) is 15.8. The molecule has 0 saturated carbocycles. The highest BCUT2D eigenvalue weighted by atomic mass is 16.3. The fraction of sp³-hybridized carbons (Fsp3) is 0.389. The summed E-state index contributed by atoms with van der Waals surface area (Å²) >= 11 is 0. The monoisotopic (exact) mass is 338 g/mol. The van der Waals surface area contributed by atoms with Gasteiger partial charge in [-0.3, -0.25) is 0 Å². The van der Waals surface area contributed by atoms with Crippen molar-refractivity contribution < 1.29 is 5.11 Å². The SMILES string of the molecule is OC1CCCN(c2ccnc(NCCc3nc4ccccc4[nH]3)n2)C1. The Morgan fingerprint density at radius 2 is 2.16 bits per heavy atom. The Bertz CT molecular complexity index is 815. The van der Waals surface area contributed by atoms with E-state index in [2.05, 4.69) is 30.2 Å². The Kier molecular flexibility index (Phi) is 4.47. The molecule has 0 radical (unpaired) electrons. The number of rotatable bonds is 5. The lowest BCUT2D eigenvalue weighted by Gasteiger charge is -2.31. The standard InChI is InChI=1S/C18H22N6O/c25-13-4-3-11-24(12-13)17-8-10-20-18(23-17)19-9-7-16-21-14-5-1-2-6-15(14)22-16/h1-2,5-6,8,10,13,25H,3-4,7,9,11-12H2,(H,21,22)(H,19,20,23). The average Bonchev–Trinajstić information content (AvgIpc) is 3.05. The number of hydrogen-bond donors (Lipinski definition) is 3. The first-order valence-electron chi connectivity index (χ1n) is 8.71. The van der Waals surface area contributed by atoms with Crippen molar-refractivity contribution in [3.05, 3.63) is 42.4 Å². The van der Waals surface area contributed by atoms with E-state index in [1.54, 1.807) is 6.20 Å². The number of piperidine rings is 1. The molecule has 25 heavy (non-hydrogen) atoms. The maximum absolute atomic E-state index is 9.83. The first-order valence-corrected chi connectivity index (χ1v) is 8.71. The largest absolute Gasteiger partial charge is 0.391 e. The van der Waals surface area contributed by atoms with Crippen LogP contribution < -0.4 is 10.2 Å². The van der Waals surface area contributed by atoms with Crippen molar-refractivity contribution >= 4 is 22.8 Å². The number of β-amino-alcohol motifs (C(OH)–C–C–N with tert-alkyl or cyclic N) is 1. The molecule has 1 aliphatic rings. The van der Waals surface area contributed by atoms with E-state index >= 15 is 0 Å². The van der Waals surface area contributed by atoms with E-state index in [0.717, 1.165) is 48.5 Å². The number of benzene rings is 1. The number of hydrogen-bond acceptors (Lipinski definition) is 6. The zero-order valence-corrected chi connectivity index (χ0v) is 14.0. The summed E-state index contributed by atoms with van der Waals surface area (Å²) in [6.45, 7) is 2.26. The lowest BCUT2D eigenvalue weighted by molar-refractivity contribution is 0.154. The van der Waals surface area contributed by atoms with Crippen LogP contribution in [0.15, 0.2) is 36.5 Å². The maximum Gasteiger partial charge on any atom is 0.224 e. The van der Waals surface area contributed by atoms with Gasteiger partial charge in [0, 0.05) is 32.3 Å². The van der Waals surface area contributed by atoms with Crippen molar-refractivity contribution in [1.82, 2.24) is 19.9 Å². The number of H-pyrrole nitrogens is 1. The van der Waals surface area contributed by atoms with Crippen LogP contribution in [-0.4, -0.2) is 50.8 Å². The molecule has 0 amide bonds. The molecule has 1 aliphatic heterocycles. The van der Waals surface area contributed by atoms with Gasteiger partial charge in [-0.15, -0.1) is 0 Å². The van der Waals surface area contributed by atoms with Gasteiger partial charge in [0.05, 0.1) is 17.1 Å². The van der Waals surface area contributed by atoms with Gasteiger partial charge in [0.25, 0.3) is 0 Å². The molecule has 1 aromatic carbocycles. The van der Waals surface area contributed by atoms with E-state index in [4.69, 9.17) is 0 Å². The fourth-order valence-corrected chi connectivity index (χ4v) is 3.19. The summed E-state index contributed by atoms with van der Waals surface area (Å²) in [4.78, 5) is 18.9. The number of nitrogens with one attached hydrogen (secondary N) is 2. The van der Waals surface area contributed by atoms with Gasteiger partial charge in [-0.25, -0.2) is 9.97 Å². The van der Waals surface area contributed by atoms with Gasteiger partial charge >= 0.3 is 0 Å². The molecule has 1 saturated heterocycles. The van der Waals surface area contributed by atoms with E-state index in [1.807, 2.05) is 30.3 Å². The lowest BCUT2D eigenvalue weighted by atomic mass is 10.1. The highest BCUT2D eigenvalue weighted by molar-refractivity contribution is 5.74. The van der Waals surface area contributed by atoms with Crippen LogP contribution in [0.2, 0.25) is 0 Å². The smallest absolute Gasteiger partial charge is 0.224 e. The molecule has 2 aromatic heterocycles. The van der Waals surface area contributed by atoms with Gasteiger partial charge in [0.2, 0.25) is 5.95 Å². The number of aliphatic hydroxyl groups is 1. The normalized spacial score (nSPS) is 17.8. The maximum atomic E-state index is 9.83. The molecule has 0 spiro atoms. The second-order valence-electron chi connectivity index (χ2n) is 6.36. The molecule has 7 heteroatoms. The molecule has 0 aliphatic carbocycles. The summed E-state index contributed by atoms with van der Waals surface area (Å²) in [7, 11) is 0. The summed E-state index contributed by atoms with van der Waals surface area (Å²) in [5, 5.41) is 13.1. The zero-order valence-electron chi connectivity index (χ0n) is 14.0. The third kappa shape index (κ3) is 3.71. The molecule has 4 rings (SSSR count). The summed E-state index contributed by atoms with van der Waals surface area (Å²) in [5.74, 6) is 2.41. The molecule has 3 aromatic rings. The number of nitrogens with zero attached hydrogens (tertiary/aromatic N) is 4. The van der Waals surface area contributed by atoms with Crippen LogP contribution >= 0.6 is 0 Å². The highest BCUT2D eigenvalue weighted by Crippen LogP contribution is 2.18. The predicted molar refractivity (Wildman–Crippen MR) is 97.8 cm³/mol. The number of fused-ring (bicyclic) bond motifs is 1. The fourth-order valence-electron chi connectivity index (χ4n) is 3.19. The highest BCUT2D eigenvalue weighted by Gasteiger charge is 2.19. The van der Waals surface area contributed by atoms with Gasteiger partial charge < -0.3 is 20.3 Å². The van der Waals surface area contributed by atoms with Crippen LogP contribution in [0, 0.1) is 0 Å². The van der Waals surface area contributed by atoms with E-state index in [-0.39, 0.29) is 6.10 Å². The molecule has 0 bridgehead atoms. The molecule has 3 heterocycles. The van der Waals surface area contributed by atoms with Crippen LogP contribution in [0.25, 0.3) is 11.0 Å². The van der Waals surface area contributed by atoms with Crippen molar-refractivity contribution in [3.63, 3.8) is 0 Å². The number of aromatic amines is 1. The summed E-state index contributed by atoms with van der Waals surface area (Å²) in [6, 6.07) is 9.91. The van der Waals surface area contributed by atoms with E-state index in [0.29, 0.717) is 19.0 Å². The quantitative estimate of drug-likeness (QED) is 0.659. The second kappa shape index (κ2) is 7.06. The number of anilines is 2. The Morgan fingerprint density at radius 3 is 3.04 bits per heavy atom. The van der Waals surface area contributed by atoms with Gasteiger partial charge in [0.15, 0.2) is 0 Å². The van der Waals surface area contributed by atoms with Crippen molar-refractivity contribution in [2.24, 2.45) is 0 Å². The van der Waals surface area contributed by atoms with Crippen LogP contribution in [0.5, 0.6) is 0 Å². The van der Waals surface area contributed by atoms with Crippen molar-refractivity contribution in [3.8, 4) is 0 Å². The lowest BCUT2D eigenvalue weighted by Crippen LogP contribution is -2.38. The summed E-state index contributed by atoms with van der Waals surface area (Å²) < 4.78 is 0. The minimum Gasteiger partial charge on any atom is -0.391 e. The Labute approximate surface area is 146 Å². The van der Waals surface area contributed by atoms with Crippen LogP contribution in [0.3, 0.4) is 0 Å². The number of para-hydroxylation sites is 2. The third-order valence-electron chi connectivity index (χ3n) is 4.44. The number of imidazole rings is 1. The zero-order chi connectivity index (χ0) is 17.1. The number of aliphatic hydroxyl groups excluding tert-OH is 1. The number of aromatic nitrogens is 4. The predicted octanol–water partition coefficient (Wildman–Crippen LogP) is 1.97. The molecule has 1 atom stereocenters. The minimum absolute atomic E-state index is 0.270. The second-order valence-corrected chi connectivity index (χ2v) is 6.36. The van der Waals surface area contributed by atoms with Crippen molar-refractivity contribution in [2.75, 3.05) is 29.9 Å². The first-order chi connectivity index (χ1) is 12.3. The molecule has 3 N–H and O–H groups in total. The Morgan fingerprint density at radius 1 is 1.24 bits per heavy atom. The summed E-state index contributed by atoms with van der Waals surface area (Å²) in [6.07, 6.45) is 4.11. The molecule has 1 unspecified atom stereocenters. The third-order valence-corrected chi connectivity index (χ3v) is 4.44.